The van der Waals surface area contributed by atoms with Crippen molar-refractivity contribution in [1.82, 2.24) is 15.0 Å². The Labute approximate surface area is 330 Å². The molecule has 266 valence electrons. The van der Waals surface area contributed by atoms with E-state index >= 15 is 0 Å². The Kier molecular flexibility index (Phi) is 7.03. The third-order valence-electron chi connectivity index (χ3n) is 11.0. The van der Waals surface area contributed by atoms with Crippen molar-refractivity contribution >= 4 is 75.4 Å². The van der Waals surface area contributed by atoms with Crippen LogP contribution >= 0.6 is 11.3 Å². The summed E-state index contributed by atoms with van der Waals surface area (Å²) in [5, 5.41) is 6.83. The average molecular weight is 748 g/mol. The molecule has 57 heavy (non-hydrogen) atoms. The number of benzene rings is 8. The van der Waals surface area contributed by atoms with Crippen molar-refractivity contribution in [3.63, 3.8) is 0 Å². The number of furan rings is 2. The number of aromatic nitrogens is 3. The van der Waals surface area contributed by atoms with Crippen molar-refractivity contribution in [3.05, 3.63) is 176 Å². The van der Waals surface area contributed by atoms with Crippen LogP contribution in [0.4, 0.5) is 0 Å². The number of nitrogens with zero attached hydrogens (tertiary/aromatic N) is 3. The van der Waals surface area contributed by atoms with E-state index in [9.17, 15) is 0 Å². The Morgan fingerprint density at radius 3 is 1.44 bits per heavy atom. The van der Waals surface area contributed by atoms with Crippen molar-refractivity contribution in [2.75, 3.05) is 0 Å². The number of para-hydroxylation sites is 1. The average Bonchev–Trinajstić information content (AvgIpc) is 3.96. The predicted octanol–water partition coefficient (Wildman–Crippen LogP) is 14.4. The van der Waals surface area contributed by atoms with E-state index in [4.69, 9.17) is 23.8 Å². The third-order valence-corrected chi connectivity index (χ3v) is 12.1. The minimum absolute atomic E-state index is 0.566. The molecule has 4 aromatic heterocycles. The fraction of sp³-hybridized carbons (Fsp3) is 0. The minimum atomic E-state index is 0.566. The summed E-state index contributed by atoms with van der Waals surface area (Å²) in [6, 6.07) is 61.1. The summed E-state index contributed by atoms with van der Waals surface area (Å²) >= 11 is 1.84. The summed E-state index contributed by atoms with van der Waals surface area (Å²) in [6.45, 7) is 0. The number of fused-ring (bicyclic) bond motifs is 9. The highest BCUT2D eigenvalue weighted by Gasteiger charge is 2.18. The highest BCUT2D eigenvalue weighted by molar-refractivity contribution is 7.25. The second-order valence-corrected chi connectivity index (χ2v) is 15.4. The zero-order valence-corrected chi connectivity index (χ0v) is 31.1. The van der Waals surface area contributed by atoms with Gasteiger partial charge in [0, 0.05) is 58.4 Å². The highest BCUT2D eigenvalue weighted by Crippen LogP contribution is 2.41. The molecule has 0 saturated heterocycles. The van der Waals surface area contributed by atoms with Crippen LogP contribution in [0, 0.1) is 0 Å². The molecule has 12 rings (SSSR count). The molecule has 8 aromatic carbocycles. The molecule has 0 saturated carbocycles. The number of hydrogen-bond donors (Lipinski definition) is 0. The summed E-state index contributed by atoms with van der Waals surface area (Å²) < 4.78 is 15.5. The first-order valence-electron chi connectivity index (χ1n) is 18.9. The summed E-state index contributed by atoms with van der Waals surface area (Å²) in [5.74, 6) is 1.73. The Bertz CT molecular complexity index is 3540. The molecule has 0 aliphatic rings. The van der Waals surface area contributed by atoms with E-state index in [-0.39, 0.29) is 0 Å². The van der Waals surface area contributed by atoms with Crippen LogP contribution in [0.5, 0.6) is 0 Å². The van der Waals surface area contributed by atoms with Crippen molar-refractivity contribution in [1.29, 1.82) is 0 Å². The second-order valence-electron chi connectivity index (χ2n) is 14.4. The standard InChI is InChI=1S/C51H29N3O2S/c1-2-10-30(11-3-1)49-52-50(33-19-23-38-37-14-6-8-16-43(37)55-45(38)28-33)54-51(53-49)34-20-24-40-39-22-18-32(27-44(39)56-46(40)29-34)36-13-5-4-12-35(36)31-21-25-48-42(26-31)41-15-7-9-17-47(41)57-48/h1-29H. The molecule has 0 spiro atoms. The van der Waals surface area contributed by atoms with Crippen molar-refractivity contribution in [3.8, 4) is 56.4 Å². The van der Waals surface area contributed by atoms with Gasteiger partial charge in [0.05, 0.1) is 0 Å². The first kappa shape index (κ1) is 31.9. The smallest absolute Gasteiger partial charge is 0.164 e. The molecule has 0 aliphatic heterocycles. The van der Waals surface area contributed by atoms with Gasteiger partial charge in [0.25, 0.3) is 0 Å². The molecule has 0 amide bonds. The maximum Gasteiger partial charge on any atom is 0.164 e. The van der Waals surface area contributed by atoms with Gasteiger partial charge in [0.2, 0.25) is 0 Å². The van der Waals surface area contributed by atoms with Crippen LogP contribution in [0.15, 0.2) is 185 Å². The maximum atomic E-state index is 6.64. The molecule has 0 radical (unpaired) electrons. The second kappa shape index (κ2) is 12.6. The van der Waals surface area contributed by atoms with Crippen LogP contribution in [0.3, 0.4) is 0 Å². The van der Waals surface area contributed by atoms with Crippen LogP contribution in [0.2, 0.25) is 0 Å². The van der Waals surface area contributed by atoms with Crippen LogP contribution in [0.25, 0.3) is 120 Å². The van der Waals surface area contributed by atoms with Crippen LogP contribution in [-0.4, -0.2) is 15.0 Å². The lowest BCUT2D eigenvalue weighted by Crippen LogP contribution is -2.00. The lowest BCUT2D eigenvalue weighted by molar-refractivity contribution is 0.669. The van der Waals surface area contributed by atoms with Crippen molar-refractivity contribution in [2.45, 2.75) is 0 Å². The molecule has 12 aromatic rings. The van der Waals surface area contributed by atoms with Gasteiger partial charge in [0.15, 0.2) is 17.5 Å². The van der Waals surface area contributed by atoms with E-state index in [0.717, 1.165) is 71.7 Å². The number of hydrogen-bond acceptors (Lipinski definition) is 6. The van der Waals surface area contributed by atoms with E-state index in [0.29, 0.717) is 17.5 Å². The van der Waals surface area contributed by atoms with E-state index in [2.05, 4.69) is 115 Å². The van der Waals surface area contributed by atoms with E-state index in [1.165, 1.54) is 31.3 Å². The van der Waals surface area contributed by atoms with Crippen molar-refractivity contribution in [2.24, 2.45) is 0 Å². The van der Waals surface area contributed by atoms with Gasteiger partial charge >= 0.3 is 0 Å². The van der Waals surface area contributed by atoms with Crippen LogP contribution in [0.1, 0.15) is 0 Å². The molecule has 0 aliphatic carbocycles. The van der Waals surface area contributed by atoms with Gasteiger partial charge in [-0.1, -0.05) is 115 Å². The SMILES string of the molecule is c1ccc(-c2nc(-c3ccc4c(c3)oc3ccccc34)nc(-c3ccc4c(c3)oc3cc(-c5ccccc5-c5ccc6sc7ccccc7c6c5)ccc34)n2)cc1. The zero-order valence-electron chi connectivity index (χ0n) is 30.3. The normalized spacial score (nSPS) is 11.9. The highest BCUT2D eigenvalue weighted by atomic mass is 32.1. The Balaban J connectivity index is 0.952. The Hall–Kier alpha value is -7.41. The first-order chi connectivity index (χ1) is 28.2. The lowest BCUT2D eigenvalue weighted by Gasteiger charge is -2.11. The summed E-state index contributed by atoms with van der Waals surface area (Å²) in [5.41, 5.74) is 10.5. The Morgan fingerprint density at radius 2 is 0.754 bits per heavy atom. The molecule has 6 heteroatoms. The quantitative estimate of drug-likeness (QED) is 0.175. The molecule has 0 bridgehead atoms. The van der Waals surface area contributed by atoms with E-state index in [1.54, 1.807) is 0 Å². The molecule has 0 N–H and O–H groups in total. The molecule has 0 unspecified atom stereocenters. The van der Waals surface area contributed by atoms with Gasteiger partial charge in [-0.15, -0.1) is 11.3 Å². The topological polar surface area (TPSA) is 65.0 Å². The third kappa shape index (κ3) is 5.26. The molecular weight excluding hydrogens is 719 g/mol. The summed E-state index contributed by atoms with van der Waals surface area (Å²) in [4.78, 5) is 15.0. The van der Waals surface area contributed by atoms with Crippen LogP contribution in [-0.2, 0) is 0 Å². The largest absolute Gasteiger partial charge is 0.456 e. The number of thiophene rings is 1. The monoisotopic (exact) mass is 747 g/mol. The van der Waals surface area contributed by atoms with Gasteiger partial charge in [-0.3, -0.25) is 0 Å². The molecule has 4 heterocycles. The molecular formula is C51H29N3O2S. The molecule has 0 atom stereocenters. The number of rotatable bonds is 5. The lowest BCUT2D eigenvalue weighted by atomic mass is 9.93. The zero-order chi connectivity index (χ0) is 37.5. The van der Waals surface area contributed by atoms with Crippen LogP contribution < -0.4 is 0 Å². The van der Waals surface area contributed by atoms with Gasteiger partial charge in [-0.05, 0) is 82.9 Å². The maximum absolute atomic E-state index is 6.64. The van der Waals surface area contributed by atoms with Crippen molar-refractivity contribution < 1.29 is 8.83 Å². The summed E-state index contributed by atoms with van der Waals surface area (Å²) in [7, 11) is 0. The first-order valence-corrected chi connectivity index (χ1v) is 19.7. The minimum Gasteiger partial charge on any atom is -0.456 e. The fourth-order valence-corrected chi connectivity index (χ4v) is 9.27. The van der Waals surface area contributed by atoms with E-state index < -0.39 is 0 Å². The van der Waals surface area contributed by atoms with Gasteiger partial charge in [0.1, 0.15) is 22.3 Å². The van der Waals surface area contributed by atoms with Gasteiger partial charge in [-0.25, -0.2) is 15.0 Å². The molecule has 5 nitrogen and oxygen atoms in total. The predicted molar refractivity (Wildman–Crippen MR) is 234 cm³/mol. The Morgan fingerprint density at radius 1 is 0.298 bits per heavy atom. The van der Waals surface area contributed by atoms with Gasteiger partial charge < -0.3 is 8.83 Å². The summed E-state index contributed by atoms with van der Waals surface area (Å²) in [6.07, 6.45) is 0. The van der Waals surface area contributed by atoms with E-state index in [1.807, 2.05) is 72.0 Å². The fourth-order valence-electron chi connectivity index (χ4n) is 8.18. The molecule has 0 fully saturated rings. The van der Waals surface area contributed by atoms with Gasteiger partial charge in [-0.2, -0.15) is 0 Å².